The van der Waals surface area contributed by atoms with Gasteiger partial charge in [-0.15, -0.1) is 24.0 Å². The van der Waals surface area contributed by atoms with Gasteiger partial charge in [-0.25, -0.2) is 0 Å². The smallest absolute Gasteiger partial charge is 0.252 e. The van der Waals surface area contributed by atoms with Gasteiger partial charge in [0.05, 0.1) is 10.6 Å². The molecular formula is C13H18ClIN4O. The number of carbonyl (C=O) groups is 1. The van der Waals surface area contributed by atoms with Crippen LogP contribution in [0.15, 0.2) is 29.3 Å². The molecule has 0 fully saturated rings. The third kappa shape index (κ3) is 5.16. The first-order valence-corrected chi connectivity index (χ1v) is 6.70. The van der Waals surface area contributed by atoms with Crippen molar-refractivity contribution in [3.8, 4) is 0 Å². The van der Waals surface area contributed by atoms with Crippen molar-refractivity contribution in [3.05, 3.63) is 34.9 Å². The number of rotatable bonds is 4. The molecule has 0 unspecified atom stereocenters. The van der Waals surface area contributed by atoms with Gasteiger partial charge in [-0.2, -0.15) is 0 Å². The number of guanidine groups is 1. The number of halogens is 2. The van der Waals surface area contributed by atoms with Gasteiger partial charge in [0.1, 0.15) is 0 Å². The van der Waals surface area contributed by atoms with Crippen LogP contribution >= 0.6 is 35.6 Å². The van der Waals surface area contributed by atoms with E-state index < -0.39 is 0 Å². The Hall–Kier alpha value is -1.02. The van der Waals surface area contributed by atoms with Gasteiger partial charge in [0.25, 0.3) is 5.91 Å². The molecule has 110 valence electrons. The van der Waals surface area contributed by atoms with E-state index in [0.29, 0.717) is 23.7 Å². The Morgan fingerprint density at radius 1 is 1.35 bits per heavy atom. The summed E-state index contributed by atoms with van der Waals surface area (Å²) in [5.41, 5.74) is 0.497. The third-order valence-electron chi connectivity index (χ3n) is 2.72. The van der Waals surface area contributed by atoms with E-state index in [4.69, 9.17) is 11.6 Å². The van der Waals surface area contributed by atoms with Crippen molar-refractivity contribution in [1.82, 2.24) is 16.0 Å². The molecule has 0 aliphatic carbocycles. The van der Waals surface area contributed by atoms with Crippen LogP contribution in [0, 0.1) is 0 Å². The van der Waals surface area contributed by atoms with Crippen molar-refractivity contribution in [1.29, 1.82) is 0 Å². The van der Waals surface area contributed by atoms with Crippen molar-refractivity contribution in [2.45, 2.75) is 6.42 Å². The Morgan fingerprint density at radius 2 is 2.15 bits per heavy atom. The SMILES string of the molecule is I.O=C(NCCNC1=NCCCN1)c1ccccc1Cl. The number of carbonyl (C=O) groups excluding carboxylic acids is 1. The van der Waals surface area contributed by atoms with E-state index in [9.17, 15) is 4.79 Å². The minimum Gasteiger partial charge on any atom is -0.356 e. The van der Waals surface area contributed by atoms with Crippen molar-refractivity contribution < 1.29 is 4.79 Å². The number of benzene rings is 1. The molecular weight excluding hydrogens is 391 g/mol. The molecule has 0 spiro atoms. The molecule has 1 heterocycles. The largest absolute Gasteiger partial charge is 0.356 e. The first-order chi connectivity index (χ1) is 9.27. The van der Waals surface area contributed by atoms with Gasteiger partial charge in [0, 0.05) is 26.2 Å². The van der Waals surface area contributed by atoms with Gasteiger partial charge in [-0.1, -0.05) is 23.7 Å². The summed E-state index contributed by atoms with van der Waals surface area (Å²) in [5, 5.41) is 9.56. The Labute approximate surface area is 140 Å². The normalized spacial score (nSPS) is 13.6. The molecule has 0 saturated heterocycles. The van der Waals surface area contributed by atoms with Crippen LogP contribution < -0.4 is 16.0 Å². The van der Waals surface area contributed by atoms with E-state index in [0.717, 1.165) is 25.5 Å². The Kier molecular flexibility index (Phi) is 7.68. The van der Waals surface area contributed by atoms with Crippen molar-refractivity contribution in [2.24, 2.45) is 4.99 Å². The fourth-order valence-corrected chi connectivity index (χ4v) is 1.97. The van der Waals surface area contributed by atoms with Crippen LogP contribution in [0.2, 0.25) is 5.02 Å². The molecule has 0 saturated carbocycles. The second-order valence-electron chi connectivity index (χ2n) is 4.17. The van der Waals surface area contributed by atoms with E-state index in [-0.39, 0.29) is 29.9 Å². The first-order valence-electron chi connectivity index (χ1n) is 6.32. The first kappa shape index (κ1) is 17.0. The Balaban J connectivity index is 0.00000200. The highest BCUT2D eigenvalue weighted by molar-refractivity contribution is 14.0. The molecule has 1 aliphatic rings. The van der Waals surface area contributed by atoms with Crippen LogP contribution in [0.5, 0.6) is 0 Å². The molecule has 0 atom stereocenters. The predicted molar refractivity (Wildman–Crippen MR) is 92.1 cm³/mol. The van der Waals surface area contributed by atoms with Gasteiger partial charge < -0.3 is 16.0 Å². The summed E-state index contributed by atoms with van der Waals surface area (Å²) >= 11 is 5.95. The zero-order chi connectivity index (χ0) is 13.5. The quantitative estimate of drug-likeness (QED) is 0.524. The lowest BCUT2D eigenvalue weighted by Crippen LogP contribution is -2.43. The number of hydrogen-bond acceptors (Lipinski definition) is 4. The van der Waals surface area contributed by atoms with Gasteiger partial charge in [-0.05, 0) is 18.6 Å². The lowest BCUT2D eigenvalue weighted by atomic mass is 10.2. The maximum Gasteiger partial charge on any atom is 0.252 e. The van der Waals surface area contributed by atoms with Gasteiger partial charge in [0.15, 0.2) is 5.96 Å². The average Bonchev–Trinajstić information content (AvgIpc) is 2.45. The van der Waals surface area contributed by atoms with Crippen molar-refractivity contribution in [3.63, 3.8) is 0 Å². The second kappa shape index (κ2) is 9.02. The number of amides is 1. The van der Waals surface area contributed by atoms with Crippen LogP contribution in [0.4, 0.5) is 0 Å². The van der Waals surface area contributed by atoms with E-state index >= 15 is 0 Å². The zero-order valence-electron chi connectivity index (χ0n) is 11.0. The van der Waals surface area contributed by atoms with Crippen molar-refractivity contribution >= 4 is 47.4 Å². The van der Waals surface area contributed by atoms with Crippen LogP contribution in [0.1, 0.15) is 16.8 Å². The van der Waals surface area contributed by atoms with Crippen LogP contribution in [-0.4, -0.2) is 38.0 Å². The van der Waals surface area contributed by atoms with Gasteiger partial charge in [-0.3, -0.25) is 9.79 Å². The van der Waals surface area contributed by atoms with E-state index in [1.165, 1.54) is 0 Å². The third-order valence-corrected chi connectivity index (χ3v) is 3.05. The number of aliphatic imine (C=N–C) groups is 1. The zero-order valence-corrected chi connectivity index (χ0v) is 14.1. The van der Waals surface area contributed by atoms with Crippen molar-refractivity contribution in [2.75, 3.05) is 26.2 Å². The molecule has 5 nitrogen and oxygen atoms in total. The molecule has 2 rings (SSSR count). The van der Waals surface area contributed by atoms with Gasteiger partial charge in [0.2, 0.25) is 0 Å². The number of hydrogen-bond donors (Lipinski definition) is 3. The topological polar surface area (TPSA) is 65.5 Å². The standard InChI is InChI=1S/C13H17ClN4O.HI/c14-11-5-2-1-4-10(11)12(19)15-8-9-18-13-16-6-3-7-17-13;/h1-2,4-5H,3,6-9H2,(H,15,19)(H2,16,17,18);1H. The molecule has 1 aromatic carbocycles. The fourth-order valence-electron chi connectivity index (χ4n) is 1.75. The fraction of sp³-hybridized carbons (Fsp3) is 0.385. The maximum atomic E-state index is 11.8. The summed E-state index contributed by atoms with van der Waals surface area (Å²) in [6.45, 7) is 2.94. The molecule has 0 aromatic heterocycles. The van der Waals surface area contributed by atoms with Crippen LogP contribution in [-0.2, 0) is 0 Å². The number of nitrogens with zero attached hydrogens (tertiary/aromatic N) is 1. The molecule has 20 heavy (non-hydrogen) atoms. The lowest BCUT2D eigenvalue weighted by molar-refractivity contribution is 0.0954. The molecule has 1 aromatic rings. The monoisotopic (exact) mass is 408 g/mol. The van der Waals surface area contributed by atoms with E-state index in [2.05, 4.69) is 20.9 Å². The molecule has 0 bridgehead atoms. The van der Waals surface area contributed by atoms with E-state index in [1.807, 2.05) is 0 Å². The van der Waals surface area contributed by atoms with Crippen LogP contribution in [0.3, 0.4) is 0 Å². The highest BCUT2D eigenvalue weighted by Crippen LogP contribution is 2.14. The summed E-state index contributed by atoms with van der Waals surface area (Å²) in [5.74, 6) is 0.643. The highest BCUT2D eigenvalue weighted by Gasteiger charge is 2.08. The predicted octanol–water partition coefficient (Wildman–Crippen LogP) is 1.63. The summed E-state index contributed by atoms with van der Waals surface area (Å²) < 4.78 is 0. The Bertz CT molecular complexity index is 481. The summed E-state index contributed by atoms with van der Waals surface area (Å²) in [6, 6.07) is 7.00. The minimum atomic E-state index is -0.161. The van der Waals surface area contributed by atoms with Gasteiger partial charge >= 0.3 is 0 Å². The summed E-state index contributed by atoms with van der Waals surface area (Å²) in [6.07, 6.45) is 1.06. The minimum absolute atomic E-state index is 0. The average molecular weight is 409 g/mol. The summed E-state index contributed by atoms with van der Waals surface area (Å²) in [7, 11) is 0. The molecule has 3 N–H and O–H groups in total. The highest BCUT2D eigenvalue weighted by atomic mass is 127. The molecule has 1 amide bonds. The molecule has 7 heteroatoms. The second-order valence-corrected chi connectivity index (χ2v) is 4.58. The number of nitrogens with one attached hydrogen (secondary N) is 3. The summed E-state index contributed by atoms with van der Waals surface area (Å²) in [4.78, 5) is 16.1. The van der Waals surface area contributed by atoms with E-state index in [1.54, 1.807) is 24.3 Å². The molecule has 1 aliphatic heterocycles. The maximum absolute atomic E-state index is 11.8. The van der Waals surface area contributed by atoms with Crippen LogP contribution in [0.25, 0.3) is 0 Å². The lowest BCUT2D eigenvalue weighted by Gasteiger charge is -2.16. The Morgan fingerprint density at radius 3 is 2.85 bits per heavy atom. The molecule has 0 radical (unpaired) electrons.